The molecule has 0 bridgehead atoms. The molecule has 0 spiro atoms. The first-order valence-corrected chi connectivity index (χ1v) is 11.1. The number of hydrogen-bond donors (Lipinski definition) is 3. The molecule has 0 unspecified atom stereocenters. The molecule has 1 aliphatic rings. The lowest BCUT2D eigenvalue weighted by atomic mass is 10.1. The number of benzene rings is 1. The predicted molar refractivity (Wildman–Crippen MR) is 138 cm³/mol. The maximum absolute atomic E-state index is 9.62. The van der Waals surface area contributed by atoms with Gasteiger partial charge >= 0.3 is 0 Å². The number of rotatable bonds is 8. The van der Waals surface area contributed by atoms with Crippen molar-refractivity contribution in [2.75, 3.05) is 32.7 Å². The van der Waals surface area contributed by atoms with Crippen molar-refractivity contribution in [1.82, 2.24) is 25.3 Å². The van der Waals surface area contributed by atoms with Crippen molar-refractivity contribution >= 4 is 29.9 Å². The van der Waals surface area contributed by atoms with E-state index >= 15 is 0 Å². The molecule has 0 saturated carbocycles. The Morgan fingerprint density at radius 1 is 1.19 bits per heavy atom. The number of aliphatic hydroxyl groups excluding tert-OH is 1. The normalized spacial score (nSPS) is 15.5. The fourth-order valence-corrected chi connectivity index (χ4v) is 3.88. The van der Waals surface area contributed by atoms with Gasteiger partial charge in [-0.2, -0.15) is 5.10 Å². The zero-order valence-electron chi connectivity index (χ0n) is 19.0. The van der Waals surface area contributed by atoms with Gasteiger partial charge in [-0.1, -0.05) is 18.2 Å². The lowest BCUT2D eigenvalue weighted by Gasteiger charge is -2.29. The molecule has 1 aromatic heterocycles. The monoisotopic (exact) mass is 540 g/mol. The van der Waals surface area contributed by atoms with E-state index in [9.17, 15) is 5.11 Å². The second kappa shape index (κ2) is 13.0. The highest BCUT2D eigenvalue weighted by atomic mass is 127. The first-order chi connectivity index (χ1) is 14.6. The third-order valence-corrected chi connectivity index (χ3v) is 5.48. The molecule has 1 saturated heterocycles. The minimum absolute atomic E-state index is 0. The molecule has 1 aliphatic heterocycles. The molecule has 1 aromatic carbocycles. The number of piperidine rings is 1. The van der Waals surface area contributed by atoms with Gasteiger partial charge in [-0.3, -0.25) is 0 Å². The lowest BCUT2D eigenvalue weighted by Crippen LogP contribution is -2.40. The number of aromatic nitrogens is 2. The van der Waals surface area contributed by atoms with Crippen molar-refractivity contribution < 1.29 is 5.11 Å². The first-order valence-electron chi connectivity index (χ1n) is 11.1. The molecule has 2 heterocycles. The van der Waals surface area contributed by atoms with E-state index in [-0.39, 0.29) is 30.1 Å². The van der Waals surface area contributed by atoms with Crippen LogP contribution < -0.4 is 10.6 Å². The van der Waals surface area contributed by atoms with Crippen molar-refractivity contribution in [1.29, 1.82) is 0 Å². The van der Waals surface area contributed by atoms with Crippen molar-refractivity contribution in [3.8, 4) is 5.69 Å². The summed E-state index contributed by atoms with van der Waals surface area (Å²) >= 11 is 0. The van der Waals surface area contributed by atoms with Crippen molar-refractivity contribution in [3.05, 3.63) is 47.3 Å². The minimum atomic E-state index is -0.107. The number of aliphatic imine (C=N–C) groups is 1. The second-order valence-electron chi connectivity index (χ2n) is 8.02. The smallest absolute Gasteiger partial charge is 0.191 e. The number of likely N-dealkylation sites (tertiary alicyclic amines) is 1. The summed E-state index contributed by atoms with van der Waals surface area (Å²) in [5.41, 5.74) is 4.37. The molecule has 2 aromatic rings. The number of para-hydroxylation sites is 1. The van der Waals surface area contributed by atoms with Crippen LogP contribution in [0.25, 0.3) is 5.69 Å². The van der Waals surface area contributed by atoms with Gasteiger partial charge < -0.3 is 20.6 Å². The molecular formula is C23H37IN6O. The molecule has 0 atom stereocenters. The molecule has 0 aliphatic carbocycles. The molecule has 31 heavy (non-hydrogen) atoms. The number of nitrogens with zero attached hydrogens (tertiary/aromatic N) is 4. The average molecular weight is 540 g/mol. The first kappa shape index (κ1) is 25.6. The molecule has 3 N–H and O–H groups in total. The number of aryl methyl sites for hydroxylation is 2. The van der Waals surface area contributed by atoms with Gasteiger partial charge in [-0.25, -0.2) is 9.67 Å². The summed E-state index contributed by atoms with van der Waals surface area (Å²) in [6.07, 6.45) is 2.74. The van der Waals surface area contributed by atoms with Gasteiger partial charge in [-0.05, 0) is 64.3 Å². The third kappa shape index (κ3) is 7.76. The van der Waals surface area contributed by atoms with Gasteiger partial charge in [0.1, 0.15) is 0 Å². The van der Waals surface area contributed by atoms with Crippen LogP contribution in [0.4, 0.5) is 0 Å². The Bertz CT molecular complexity index is 829. The Morgan fingerprint density at radius 2 is 1.94 bits per heavy atom. The Balaban J connectivity index is 0.00000341. The largest absolute Gasteiger partial charge is 0.393 e. The van der Waals surface area contributed by atoms with Gasteiger partial charge in [0.05, 0.1) is 24.0 Å². The highest BCUT2D eigenvalue weighted by molar-refractivity contribution is 14.0. The van der Waals surface area contributed by atoms with Crippen LogP contribution in [-0.4, -0.2) is 64.6 Å². The van der Waals surface area contributed by atoms with Gasteiger partial charge in [0.25, 0.3) is 0 Å². The van der Waals surface area contributed by atoms with E-state index in [4.69, 9.17) is 4.99 Å². The van der Waals surface area contributed by atoms with Crippen LogP contribution in [0.3, 0.4) is 0 Å². The van der Waals surface area contributed by atoms with Gasteiger partial charge in [0, 0.05) is 31.9 Å². The fourth-order valence-electron chi connectivity index (χ4n) is 3.88. The number of halogens is 1. The van der Waals surface area contributed by atoms with Crippen LogP contribution in [0, 0.1) is 13.8 Å². The van der Waals surface area contributed by atoms with Crippen LogP contribution in [0.15, 0.2) is 35.3 Å². The summed E-state index contributed by atoms with van der Waals surface area (Å²) in [6.45, 7) is 11.5. The minimum Gasteiger partial charge on any atom is -0.393 e. The molecule has 1 fully saturated rings. The van der Waals surface area contributed by atoms with Gasteiger partial charge in [-0.15, -0.1) is 24.0 Å². The number of guanidine groups is 1. The maximum atomic E-state index is 9.62. The van der Waals surface area contributed by atoms with Crippen molar-refractivity contribution in [3.63, 3.8) is 0 Å². The van der Waals surface area contributed by atoms with Crippen molar-refractivity contribution in [2.45, 2.75) is 52.7 Å². The van der Waals surface area contributed by atoms with Gasteiger partial charge in [0.2, 0.25) is 0 Å². The van der Waals surface area contributed by atoms with Crippen LogP contribution in [-0.2, 0) is 6.54 Å². The standard InChI is InChI=1S/C23H36N6O.HI/c1-4-24-23(25-12-7-13-28-14-10-21(30)11-15-28)26-17-20-8-5-6-9-22(20)29-19(3)16-18(2)27-29;/h5-6,8-9,16,21,30H,4,7,10-15,17H2,1-3H3,(H2,24,25,26);1H. The topological polar surface area (TPSA) is 77.7 Å². The van der Waals surface area contributed by atoms with Crippen LogP contribution in [0.5, 0.6) is 0 Å². The molecular weight excluding hydrogens is 503 g/mol. The van der Waals surface area contributed by atoms with Crippen LogP contribution in [0.2, 0.25) is 0 Å². The maximum Gasteiger partial charge on any atom is 0.191 e. The Morgan fingerprint density at radius 3 is 2.61 bits per heavy atom. The van der Waals surface area contributed by atoms with Gasteiger partial charge in [0.15, 0.2) is 5.96 Å². The van der Waals surface area contributed by atoms with E-state index in [1.807, 2.05) is 17.7 Å². The summed E-state index contributed by atoms with van der Waals surface area (Å²) in [7, 11) is 0. The fraction of sp³-hybridized carbons (Fsp3) is 0.565. The molecule has 172 valence electrons. The quantitative estimate of drug-likeness (QED) is 0.208. The zero-order chi connectivity index (χ0) is 21.3. The van der Waals surface area contributed by atoms with E-state index in [0.29, 0.717) is 6.54 Å². The highest BCUT2D eigenvalue weighted by Gasteiger charge is 2.16. The molecule has 0 radical (unpaired) electrons. The van der Waals surface area contributed by atoms with E-state index in [1.54, 1.807) is 0 Å². The Kier molecular flexibility index (Phi) is 10.8. The van der Waals surface area contributed by atoms with E-state index in [0.717, 1.165) is 80.6 Å². The Hall–Kier alpha value is -1.65. The second-order valence-corrected chi connectivity index (χ2v) is 8.02. The summed E-state index contributed by atoms with van der Waals surface area (Å²) < 4.78 is 2.00. The summed E-state index contributed by atoms with van der Waals surface area (Å²) in [5.74, 6) is 0.842. The zero-order valence-corrected chi connectivity index (χ0v) is 21.3. The summed E-state index contributed by atoms with van der Waals surface area (Å²) in [6, 6.07) is 10.4. The van der Waals surface area contributed by atoms with Crippen molar-refractivity contribution in [2.24, 2.45) is 4.99 Å². The van der Waals surface area contributed by atoms with E-state index < -0.39 is 0 Å². The summed E-state index contributed by atoms with van der Waals surface area (Å²) in [4.78, 5) is 7.24. The van der Waals surface area contributed by atoms with Crippen LogP contribution >= 0.6 is 24.0 Å². The summed E-state index contributed by atoms with van der Waals surface area (Å²) in [5, 5.41) is 21.1. The molecule has 3 rings (SSSR count). The Labute approximate surface area is 203 Å². The van der Waals surface area contributed by atoms with E-state index in [1.165, 1.54) is 0 Å². The SMILES string of the molecule is CCNC(=NCc1ccccc1-n1nc(C)cc1C)NCCCN1CCC(O)CC1.I. The number of aliphatic hydroxyl groups is 1. The molecule has 8 heteroatoms. The average Bonchev–Trinajstić information content (AvgIpc) is 3.08. The molecule has 7 nitrogen and oxygen atoms in total. The number of nitrogens with one attached hydrogen (secondary N) is 2. The van der Waals surface area contributed by atoms with Crippen LogP contribution in [0.1, 0.15) is 43.1 Å². The lowest BCUT2D eigenvalue weighted by molar-refractivity contribution is 0.0823. The predicted octanol–water partition coefficient (Wildman–Crippen LogP) is 3.01. The van der Waals surface area contributed by atoms with E-state index in [2.05, 4.69) is 58.7 Å². The highest BCUT2D eigenvalue weighted by Crippen LogP contribution is 2.17. The molecule has 0 amide bonds. The third-order valence-electron chi connectivity index (χ3n) is 5.48. The number of hydrogen-bond acceptors (Lipinski definition) is 4.